The first kappa shape index (κ1) is 24.8. The van der Waals surface area contributed by atoms with E-state index in [4.69, 9.17) is 4.74 Å². The number of piperidine rings is 2. The van der Waals surface area contributed by atoms with Crippen LogP contribution in [-0.4, -0.2) is 82.2 Å². The van der Waals surface area contributed by atoms with Crippen molar-refractivity contribution in [2.75, 3.05) is 20.1 Å². The third kappa shape index (κ3) is 5.07. The number of hydrogen-bond donors (Lipinski definition) is 1. The van der Waals surface area contributed by atoms with Crippen LogP contribution < -0.4 is 5.32 Å². The molecule has 10 nitrogen and oxygen atoms in total. The van der Waals surface area contributed by atoms with Crippen LogP contribution in [0.15, 0.2) is 18.2 Å². The molecule has 0 bridgehead atoms. The first-order valence-electron chi connectivity index (χ1n) is 12.0. The molecule has 3 heterocycles. The summed E-state index contributed by atoms with van der Waals surface area (Å²) in [5, 5.41) is 2.22. The number of hydrogen-bond acceptors (Lipinski definition) is 7. The zero-order valence-electron chi connectivity index (χ0n) is 20.6. The molecule has 4 rings (SSSR count). The minimum atomic E-state index is -0.980. The van der Waals surface area contributed by atoms with Crippen LogP contribution in [-0.2, 0) is 20.9 Å². The van der Waals surface area contributed by atoms with Crippen LogP contribution in [0.4, 0.5) is 4.79 Å². The number of nitrogens with zero attached hydrogens (tertiary/aromatic N) is 3. The van der Waals surface area contributed by atoms with Crippen molar-refractivity contribution >= 4 is 29.7 Å². The predicted molar refractivity (Wildman–Crippen MR) is 125 cm³/mol. The number of ether oxygens (including phenoxy) is 1. The molecule has 1 aromatic rings. The summed E-state index contributed by atoms with van der Waals surface area (Å²) in [7, 11) is 1.76. The third-order valence-electron chi connectivity index (χ3n) is 6.73. The largest absolute Gasteiger partial charge is 0.444 e. The van der Waals surface area contributed by atoms with E-state index in [1.165, 1.54) is 0 Å². The van der Waals surface area contributed by atoms with Crippen molar-refractivity contribution in [3.05, 3.63) is 34.9 Å². The van der Waals surface area contributed by atoms with Crippen LogP contribution in [0, 0.1) is 0 Å². The number of imide groups is 2. The van der Waals surface area contributed by atoms with Crippen molar-refractivity contribution in [3.8, 4) is 0 Å². The lowest BCUT2D eigenvalue weighted by Gasteiger charge is -2.37. The van der Waals surface area contributed by atoms with Crippen molar-refractivity contribution in [2.24, 2.45) is 0 Å². The van der Waals surface area contributed by atoms with Gasteiger partial charge in [0.1, 0.15) is 11.6 Å². The molecule has 2 saturated heterocycles. The molecule has 35 heavy (non-hydrogen) atoms. The Labute approximate surface area is 204 Å². The molecule has 1 atom stereocenters. The highest BCUT2D eigenvalue weighted by molar-refractivity contribution is 6.24. The Morgan fingerprint density at radius 3 is 2.40 bits per heavy atom. The molecule has 0 radical (unpaired) electrons. The first-order valence-corrected chi connectivity index (χ1v) is 12.0. The predicted octanol–water partition coefficient (Wildman–Crippen LogP) is 1.92. The zero-order chi connectivity index (χ0) is 25.5. The SMILES string of the molecule is CN(C(=O)OC(C)(C)C)C1CCN(Cc2cccc3c2C(=O)N(C2CCC(=O)NC2=O)C3=O)CC1. The van der Waals surface area contributed by atoms with E-state index in [1.807, 2.05) is 26.8 Å². The molecule has 3 aliphatic heterocycles. The molecule has 0 saturated carbocycles. The van der Waals surface area contributed by atoms with Gasteiger partial charge < -0.3 is 9.64 Å². The van der Waals surface area contributed by atoms with Crippen molar-refractivity contribution in [1.29, 1.82) is 0 Å². The maximum absolute atomic E-state index is 13.3. The average Bonchev–Trinajstić information content (AvgIpc) is 3.04. The Hall–Kier alpha value is -3.27. The monoisotopic (exact) mass is 484 g/mol. The summed E-state index contributed by atoms with van der Waals surface area (Å²) in [4.78, 5) is 67.4. The lowest BCUT2D eigenvalue weighted by Crippen LogP contribution is -2.54. The minimum absolute atomic E-state index is 0.0637. The average molecular weight is 485 g/mol. The van der Waals surface area contributed by atoms with Crippen LogP contribution in [0.25, 0.3) is 0 Å². The summed E-state index contributed by atoms with van der Waals surface area (Å²) in [6.07, 6.45) is 1.41. The van der Waals surface area contributed by atoms with E-state index in [1.54, 1.807) is 24.1 Å². The van der Waals surface area contributed by atoms with Crippen LogP contribution in [0.1, 0.15) is 72.7 Å². The summed E-state index contributed by atoms with van der Waals surface area (Å²) >= 11 is 0. The number of carbonyl (C=O) groups excluding carboxylic acids is 5. The topological polar surface area (TPSA) is 116 Å². The summed E-state index contributed by atoms with van der Waals surface area (Å²) < 4.78 is 5.47. The number of nitrogens with one attached hydrogen (secondary N) is 1. The second-order valence-electron chi connectivity index (χ2n) is 10.4. The fourth-order valence-corrected chi connectivity index (χ4v) is 4.91. The number of rotatable bonds is 4. The quantitative estimate of drug-likeness (QED) is 0.649. The highest BCUT2D eigenvalue weighted by atomic mass is 16.6. The van der Waals surface area contributed by atoms with Gasteiger partial charge in [-0.05, 0) is 51.7 Å². The summed E-state index contributed by atoms with van der Waals surface area (Å²) in [6.45, 7) is 7.45. The lowest BCUT2D eigenvalue weighted by molar-refractivity contribution is -0.136. The van der Waals surface area contributed by atoms with Gasteiger partial charge >= 0.3 is 6.09 Å². The molecule has 1 N–H and O–H groups in total. The second-order valence-corrected chi connectivity index (χ2v) is 10.4. The highest BCUT2D eigenvalue weighted by Crippen LogP contribution is 2.31. The molecule has 0 spiro atoms. The molecule has 10 heteroatoms. The number of fused-ring (bicyclic) bond motifs is 1. The number of amides is 5. The van der Waals surface area contributed by atoms with E-state index >= 15 is 0 Å². The minimum Gasteiger partial charge on any atom is -0.444 e. The highest BCUT2D eigenvalue weighted by Gasteiger charge is 2.45. The van der Waals surface area contributed by atoms with Crippen molar-refractivity contribution < 1.29 is 28.7 Å². The lowest BCUT2D eigenvalue weighted by atomic mass is 9.99. The Morgan fingerprint density at radius 2 is 1.77 bits per heavy atom. The van der Waals surface area contributed by atoms with Gasteiger partial charge in [0.15, 0.2) is 0 Å². The van der Waals surface area contributed by atoms with Gasteiger partial charge in [0.2, 0.25) is 11.8 Å². The standard InChI is InChI=1S/C25H32N4O6/c1-25(2,3)35-24(34)27(4)16-10-12-28(13-11-16)14-15-6-5-7-17-20(15)23(33)29(22(17)32)18-8-9-19(30)26-21(18)31/h5-7,16,18H,8-14H2,1-4H3,(H,26,30,31). The third-order valence-corrected chi connectivity index (χ3v) is 6.73. The van der Waals surface area contributed by atoms with Crippen LogP contribution in [0.2, 0.25) is 0 Å². The second kappa shape index (κ2) is 9.41. The molecular weight excluding hydrogens is 452 g/mol. The zero-order valence-corrected chi connectivity index (χ0v) is 20.6. The normalized spacial score (nSPS) is 21.7. The van der Waals surface area contributed by atoms with Gasteiger partial charge in [-0.2, -0.15) is 0 Å². The molecule has 2 fully saturated rings. The van der Waals surface area contributed by atoms with E-state index < -0.39 is 35.3 Å². The van der Waals surface area contributed by atoms with Gasteiger partial charge in [0.05, 0.1) is 11.1 Å². The van der Waals surface area contributed by atoms with Crippen molar-refractivity contribution in [2.45, 2.75) is 70.7 Å². The van der Waals surface area contributed by atoms with Gasteiger partial charge in [-0.15, -0.1) is 0 Å². The summed E-state index contributed by atoms with van der Waals surface area (Å²) in [5.74, 6) is -2.01. The maximum Gasteiger partial charge on any atom is 0.410 e. The summed E-state index contributed by atoms with van der Waals surface area (Å²) in [6, 6.07) is 4.26. The Balaban J connectivity index is 1.42. The van der Waals surface area contributed by atoms with Crippen LogP contribution in [0.5, 0.6) is 0 Å². The number of likely N-dealkylation sites (tertiary alicyclic amines) is 1. The van der Waals surface area contributed by atoms with E-state index in [2.05, 4.69) is 10.2 Å². The fraction of sp³-hybridized carbons (Fsp3) is 0.560. The molecule has 3 aliphatic rings. The number of benzene rings is 1. The summed E-state index contributed by atoms with van der Waals surface area (Å²) in [5.41, 5.74) is 0.798. The molecule has 0 aliphatic carbocycles. The van der Waals surface area contributed by atoms with E-state index in [0.717, 1.165) is 36.4 Å². The smallest absolute Gasteiger partial charge is 0.410 e. The molecular formula is C25H32N4O6. The molecule has 1 aromatic carbocycles. The fourth-order valence-electron chi connectivity index (χ4n) is 4.91. The molecule has 0 aromatic heterocycles. The number of carbonyl (C=O) groups is 5. The molecule has 188 valence electrons. The van der Waals surface area contributed by atoms with Gasteiger partial charge in [0, 0.05) is 39.1 Å². The van der Waals surface area contributed by atoms with Gasteiger partial charge in [0.25, 0.3) is 11.8 Å². The van der Waals surface area contributed by atoms with Gasteiger partial charge in [-0.3, -0.25) is 34.3 Å². The Morgan fingerprint density at radius 1 is 1.09 bits per heavy atom. The van der Waals surface area contributed by atoms with E-state index in [9.17, 15) is 24.0 Å². The molecule has 1 unspecified atom stereocenters. The Bertz CT molecular complexity index is 1070. The van der Waals surface area contributed by atoms with Gasteiger partial charge in [-0.25, -0.2) is 4.79 Å². The van der Waals surface area contributed by atoms with Crippen LogP contribution >= 0.6 is 0 Å². The van der Waals surface area contributed by atoms with Crippen molar-refractivity contribution in [1.82, 2.24) is 20.0 Å². The Kier molecular flexibility index (Phi) is 6.68. The van der Waals surface area contributed by atoms with Crippen LogP contribution in [0.3, 0.4) is 0 Å². The maximum atomic E-state index is 13.3. The van der Waals surface area contributed by atoms with E-state index in [0.29, 0.717) is 12.1 Å². The van der Waals surface area contributed by atoms with Gasteiger partial charge in [-0.1, -0.05) is 12.1 Å². The molecule has 5 amide bonds. The first-order chi connectivity index (χ1) is 16.5. The van der Waals surface area contributed by atoms with E-state index in [-0.39, 0.29) is 30.5 Å². The van der Waals surface area contributed by atoms with Crippen molar-refractivity contribution in [3.63, 3.8) is 0 Å².